The molecule has 1 atom stereocenters. The number of rotatable bonds is 5. The fraction of sp³-hybridized carbons (Fsp3) is 0.750. The van der Waals surface area contributed by atoms with Crippen LogP contribution >= 0.6 is 0 Å². The quantitative estimate of drug-likeness (QED) is 0.807. The molecule has 6 heteroatoms. The zero-order chi connectivity index (χ0) is 13.2. The van der Waals surface area contributed by atoms with Crippen molar-refractivity contribution in [1.82, 2.24) is 14.8 Å². The van der Waals surface area contributed by atoms with Crippen LogP contribution in [0.1, 0.15) is 26.1 Å². The first-order chi connectivity index (χ1) is 8.51. The molecule has 1 fully saturated rings. The number of ketones is 1. The van der Waals surface area contributed by atoms with Crippen molar-refractivity contribution in [3.8, 4) is 0 Å². The third-order valence-electron chi connectivity index (χ3n) is 3.16. The van der Waals surface area contributed by atoms with E-state index in [9.17, 15) is 4.79 Å². The van der Waals surface area contributed by atoms with E-state index in [1.807, 2.05) is 0 Å². The van der Waals surface area contributed by atoms with Crippen LogP contribution in [-0.2, 0) is 22.5 Å². The molecule has 1 aliphatic rings. The molecule has 100 valence electrons. The lowest BCUT2D eigenvalue weighted by molar-refractivity contribution is -0.123. The van der Waals surface area contributed by atoms with Crippen LogP contribution < -0.4 is 5.73 Å². The third-order valence-corrected chi connectivity index (χ3v) is 3.16. The van der Waals surface area contributed by atoms with Gasteiger partial charge in [0.1, 0.15) is 17.7 Å². The van der Waals surface area contributed by atoms with E-state index in [0.29, 0.717) is 31.4 Å². The minimum Gasteiger partial charge on any atom is -0.379 e. The Labute approximate surface area is 107 Å². The lowest BCUT2D eigenvalue weighted by Gasteiger charge is -2.19. The highest BCUT2D eigenvalue weighted by molar-refractivity contribution is 5.89. The number of carbonyl (C=O) groups is 1. The highest BCUT2D eigenvalue weighted by Gasteiger charge is 2.38. The van der Waals surface area contributed by atoms with E-state index in [0.717, 1.165) is 6.54 Å². The van der Waals surface area contributed by atoms with E-state index in [4.69, 9.17) is 10.5 Å². The summed E-state index contributed by atoms with van der Waals surface area (Å²) in [4.78, 5) is 16.3. The van der Waals surface area contributed by atoms with Gasteiger partial charge in [-0.2, -0.15) is 5.10 Å². The van der Waals surface area contributed by atoms with Crippen LogP contribution in [0.2, 0.25) is 0 Å². The molecule has 1 saturated heterocycles. The second-order valence-electron chi connectivity index (χ2n) is 5.31. The fourth-order valence-corrected chi connectivity index (χ4v) is 2.04. The van der Waals surface area contributed by atoms with Gasteiger partial charge in [-0.3, -0.25) is 4.79 Å². The summed E-state index contributed by atoms with van der Waals surface area (Å²) in [6.07, 6.45) is 2.30. The molecule has 0 bridgehead atoms. The van der Waals surface area contributed by atoms with Gasteiger partial charge in [0, 0.05) is 13.2 Å². The van der Waals surface area contributed by atoms with E-state index in [1.165, 1.54) is 6.33 Å². The lowest BCUT2D eigenvalue weighted by Crippen LogP contribution is -2.49. The van der Waals surface area contributed by atoms with Gasteiger partial charge in [-0.15, -0.1) is 0 Å². The Morgan fingerprint density at radius 3 is 3.06 bits per heavy atom. The molecule has 0 saturated carbocycles. The highest BCUT2D eigenvalue weighted by atomic mass is 16.5. The molecule has 6 nitrogen and oxygen atoms in total. The molecule has 0 spiro atoms. The first-order valence-electron chi connectivity index (χ1n) is 6.28. The minimum absolute atomic E-state index is 0.0157. The van der Waals surface area contributed by atoms with Gasteiger partial charge >= 0.3 is 0 Å². The number of nitrogens with zero attached hydrogens (tertiary/aromatic N) is 3. The predicted octanol–water partition coefficient (Wildman–Crippen LogP) is 0.164. The number of ether oxygens (including phenoxy) is 1. The zero-order valence-corrected chi connectivity index (χ0v) is 10.9. The maximum atomic E-state index is 12.2. The first kappa shape index (κ1) is 13.2. The van der Waals surface area contributed by atoms with Crippen LogP contribution in [0.3, 0.4) is 0 Å². The Hall–Kier alpha value is -1.27. The maximum absolute atomic E-state index is 12.2. The predicted molar refractivity (Wildman–Crippen MR) is 65.9 cm³/mol. The van der Waals surface area contributed by atoms with E-state index in [2.05, 4.69) is 23.9 Å². The topological polar surface area (TPSA) is 83.0 Å². The monoisotopic (exact) mass is 252 g/mol. The first-order valence-corrected chi connectivity index (χ1v) is 6.28. The van der Waals surface area contributed by atoms with Gasteiger partial charge in [-0.25, -0.2) is 9.67 Å². The molecule has 0 radical (unpaired) electrons. The number of hydrogen-bond acceptors (Lipinski definition) is 5. The van der Waals surface area contributed by atoms with E-state index in [1.54, 1.807) is 4.68 Å². The fourth-order valence-electron chi connectivity index (χ4n) is 2.04. The van der Waals surface area contributed by atoms with E-state index in [-0.39, 0.29) is 12.2 Å². The summed E-state index contributed by atoms with van der Waals surface area (Å²) in [5, 5.41) is 4.14. The smallest absolute Gasteiger partial charge is 0.162 e. The van der Waals surface area contributed by atoms with Crippen LogP contribution in [0, 0.1) is 5.92 Å². The molecule has 2 heterocycles. The normalized spacial score (nSPS) is 23.8. The molecular weight excluding hydrogens is 232 g/mol. The van der Waals surface area contributed by atoms with Crippen molar-refractivity contribution in [2.75, 3.05) is 13.2 Å². The summed E-state index contributed by atoms with van der Waals surface area (Å²) < 4.78 is 6.99. The van der Waals surface area contributed by atoms with Gasteiger partial charge < -0.3 is 10.5 Å². The largest absolute Gasteiger partial charge is 0.379 e. The molecule has 0 aliphatic carbocycles. The Kier molecular flexibility index (Phi) is 3.77. The van der Waals surface area contributed by atoms with Crippen molar-refractivity contribution >= 4 is 5.78 Å². The summed E-state index contributed by atoms with van der Waals surface area (Å²) in [6, 6.07) is 0. The van der Waals surface area contributed by atoms with Gasteiger partial charge in [0.2, 0.25) is 0 Å². The van der Waals surface area contributed by atoms with Crippen molar-refractivity contribution < 1.29 is 9.53 Å². The van der Waals surface area contributed by atoms with E-state index >= 15 is 0 Å². The minimum atomic E-state index is -0.839. The number of Topliss-reactive ketones (excluding diaryl/α,β-unsaturated/α-hetero) is 1. The zero-order valence-electron chi connectivity index (χ0n) is 10.9. The van der Waals surface area contributed by atoms with Crippen LogP contribution in [-0.4, -0.2) is 39.3 Å². The Balaban J connectivity index is 2.05. The van der Waals surface area contributed by atoms with Crippen molar-refractivity contribution in [2.45, 2.75) is 38.8 Å². The van der Waals surface area contributed by atoms with Gasteiger partial charge in [-0.05, 0) is 12.3 Å². The van der Waals surface area contributed by atoms with Crippen molar-refractivity contribution in [2.24, 2.45) is 11.7 Å². The molecule has 1 aromatic heterocycles. The number of aromatic nitrogens is 3. The van der Waals surface area contributed by atoms with Crippen molar-refractivity contribution in [3.63, 3.8) is 0 Å². The van der Waals surface area contributed by atoms with Crippen LogP contribution in [0.25, 0.3) is 0 Å². The molecule has 0 aromatic carbocycles. The summed E-state index contributed by atoms with van der Waals surface area (Å²) >= 11 is 0. The molecule has 2 rings (SSSR count). The van der Waals surface area contributed by atoms with Crippen molar-refractivity contribution in [1.29, 1.82) is 0 Å². The van der Waals surface area contributed by atoms with Gasteiger partial charge in [-0.1, -0.05) is 13.8 Å². The molecule has 1 unspecified atom stereocenters. The molecule has 18 heavy (non-hydrogen) atoms. The van der Waals surface area contributed by atoms with Gasteiger partial charge in [0.15, 0.2) is 5.78 Å². The second-order valence-corrected chi connectivity index (χ2v) is 5.31. The lowest BCUT2D eigenvalue weighted by atomic mass is 9.92. The van der Waals surface area contributed by atoms with Crippen molar-refractivity contribution in [3.05, 3.63) is 12.2 Å². The van der Waals surface area contributed by atoms with E-state index < -0.39 is 5.54 Å². The highest BCUT2D eigenvalue weighted by Crippen LogP contribution is 2.18. The van der Waals surface area contributed by atoms with Gasteiger partial charge in [0.05, 0.1) is 13.0 Å². The maximum Gasteiger partial charge on any atom is 0.162 e. The molecule has 1 aliphatic heterocycles. The molecule has 2 N–H and O–H groups in total. The van der Waals surface area contributed by atoms with Crippen LogP contribution in [0.15, 0.2) is 6.33 Å². The summed E-state index contributed by atoms with van der Waals surface area (Å²) in [5.74, 6) is 1.13. The van der Waals surface area contributed by atoms with Crippen LogP contribution in [0.4, 0.5) is 0 Å². The molecular formula is C12H20N4O2. The number of carbonyl (C=O) groups excluding carboxylic acids is 1. The van der Waals surface area contributed by atoms with Gasteiger partial charge in [0.25, 0.3) is 0 Å². The Bertz CT molecular complexity index is 421. The Morgan fingerprint density at radius 1 is 1.67 bits per heavy atom. The summed E-state index contributed by atoms with van der Waals surface area (Å²) in [7, 11) is 0. The Morgan fingerprint density at radius 2 is 2.44 bits per heavy atom. The SMILES string of the molecule is CC(C)Cn1ncnc1CC(=O)C1(N)CCOC1. The molecule has 1 aromatic rings. The number of hydrogen-bond donors (Lipinski definition) is 1. The molecule has 0 amide bonds. The summed E-state index contributed by atoms with van der Waals surface area (Å²) in [6.45, 7) is 5.83. The van der Waals surface area contributed by atoms with Crippen LogP contribution in [0.5, 0.6) is 0 Å². The second kappa shape index (κ2) is 5.16. The third kappa shape index (κ3) is 2.76. The average Bonchev–Trinajstić information content (AvgIpc) is 2.89. The standard InChI is InChI=1S/C12H20N4O2/c1-9(2)6-16-11(14-8-15-16)5-10(17)12(13)3-4-18-7-12/h8-9H,3-7,13H2,1-2H3. The summed E-state index contributed by atoms with van der Waals surface area (Å²) in [5.41, 5.74) is 5.20. The number of nitrogens with two attached hydrogens (primary N) is 1. The average molecular weight is 252 g/mol.